The molecule has 1 aromatic carbocycles. The second-order valence-corrected chi connectivity index (χ2v) is 5.71. The van der Waals surface area contributed by atoms with Crippen LogP contribution >= 0.6 is 0 Å². The Morgan fingerprint density at radius 1 is 1.21 bits per heavy atom. The summed E-state index contributed by atoms with van der Waals surface area (Å²) >= 11 is 0. The lowest BCUT2D eigenvalue weighted by Gasteiger charge is -2.01. The average Bonchev–Trinajstić information content (AvgIpc) is 3.28. The molecule has 2 heterocycles. The first-order valence-corrected chi connectivity index (χ1v) is 7.61. The molecule has 1 aliphatic rings. The van der Waals surface area contributed by atoms with Crippen LogP contribution < -0.4 is 5.32 Å². The van der Waals surface area contributed by atoms with Crippen molar-refractivity contribution in [3.8, 4) is 11.5 Å². The maximum Gasteiger partial charge on any atom is 0.249 e. The maximum absolute atomic E-state index is 13.0. The second-order valence-electron chi connectivity index (χ2n) is 5.71. The van der Waals surface area contributed by atoms with Crippen molar-refractivity contribution in [2.45, 2.75) is 12.3 Å². The smallest absolute Gasteiger partial charge is 0.249 e. The summed E-state index contributed by atoms with van der Waals surface area (Å²) in [4.78, 5) is 20.7. The predicted octanol–water partition coefficient (Wildman–Crippen LogP) is 2.75. The molecule has 4 rings (SSSR count). The van der Waals surface area contributed by atoms with Gasteiger partial charge in [-0.25, -0.2) is 4.39 Å². The number of carbonyl (C=O) groups excluding carboxylic acids is 1. The molecule has 0 bridgehead atoms. The molecular weight excluding hydrogens is 309 g/mol. The number of pyridine rings is 1. The van der Waals surface area contributed by atoms with Crippen LogP contribution in [0.1, 0.15) is 17.9 Å². The number of aromatic amines is 1. The number of benzene rings is 1. The molecule has 7 heteroatoms. The Morgan fingerprint density at radius 3 is 2.79 bits per heavy atom. The first kappa shape index (κ1) is 14.5. The number of carbonyl (C=O) groups is 1. The van der Waals surface area contributed by atoms with E-state index in [0.29, 0.717) is 11.5 Å². The first-order valence-electron chi connectivity index (χ1n) is 7.61. The molecule has 0 aliphatic heterocycles. The number of nitrogens with zero attached hydrogens (tertiary/aromatic N) is 3. The second kappa shape index (κ2) is 5.84. The van der Waals surface area contributed by atoms with Crippen LogP contribution in [0.25, 0.3) is 11.5 Å². The molecule has 0 spiro atoms. The van der Waals surface area contributed by atoms with Crippen LogP contribution in [-0.4, -0.2) is 26.1 Å². The molecule has 120 valence electrons. The summed E-state index contributed by atoms with van der Waals surface area (Å²) in [5, 5.41) is 9.46. The molecule has 1 amide bonds. The Kier molecular flexibility index (Phi) is 3.53. The lowest BCUT2D eigenvalue weighted by Crippen LogP contribution is -2.15. The molecule has 1 fully saturated rings. The zero-order chi connectivity index (χ0) is 16.5. The van der Waals surface area contributed by atoms with E-state index in [0.717, 1.165) is 12.0 Å². The summed E-state index contributed by atoms with van der Waals surface area (Å²) in [6.07, 6.45) is 2.41. The van der Waals surface area contributed by atoms with Gasteiger partial charge in [0.25, 0.3) is 0 Å². The zero-order valence-corrected chi connectivity index (χ0v) is 12.6. The van der Waals surface area contributed by atoms with E-state index in [1.807, 2.05) is 12.1 Å². The van der Waals surface area contributed by atoms with Gasteiger partial charge in [-0.1, -0.05) is 18.2 Å². The number of amides is 1. The quantitative estimate of drug-likeness (QED) is 0.773. The third-order valence-corrected chi connectivity index (χ3v) is 4.05. The highest BCUT2D eigenvalue weighted by Crippen LogP contribution is 2.47. The number of H-pyrrole nitrogens is 1. The van der Waals surface area contributed by atoms with Crippen LogP contribution in [-0.2, 0) is 4.79 Å². The van der Waals surface area contributed by atoms with E-state index in [-0.39, 0.29) is 29.5 Å². The molecule has 6 nitrogen and oxygen atoms in total. The first-order chi connectivity index (χ1) is 11.7. The van der Waals surface area contributed by atoms with Crippen LogP contribution in [0.15, 0.2) is 48.7 Å². The van der Waals surface area contributed by atoms with Gasteiger partial charge < -0.3 is 0 Å². The van der Waals surface area contributed by atoms with Gasteiger partial charge in [0.15, 0.2) is 5.82 Å². The van der Waals surface area contributed by atoms with Gasteiger partial charge in [-0.15, -0.1) is 5.10 Å². The van der Waals surface area contributed by atoms with E-state index in [2.05, 4.69) is 25.5 Å². The maximum atomic E-state index is 13.0. The topological polar surface area (TPSA) is 83.6 Å². The highest BCUT2D eigenvalue weighted by atomic mass is 19.1. The highest BCUT2D eigenvalue weighted by Gasteiger charge is 2.44. The highest BCUT2D eigenvalue weighted by molar-refractivity contribution is 5.93. The third-order valence-electron chi connectivity index (χ3n) is 4.05. The minimum Gasteiger partial charge on any atom is -0.293 e. The number of nitrogens with one attached hydrogen (secondary N) is 2. The SMILES string of the molecule is O=C(Nc1n[nH]c(-c2ccccn2)n1)[C@@H]1C[C@@H]1c1ccc(F)cc1. The Bertz CT molecular complexity index is 862. The van der Waals surface area contributed by atoms with Gasteiger partial charge in [-0.2, -0.15) is 4.98 Å². The van der Waals surface area contributed by atoms with E-state index in [1.54, 1.807) is 24.4 Å². The normalized spacial score (nSPS) is 19.0. The van der Waals surface area contributed by atoms with Gasteiger partial charge in [0.2, 0.25) is 11.9 Å². The molecule has 24 heavy (non-hydrogen) atoms. The number of hydrogen-bond donors (Lipinski definition) is 2. The lowest BCUT2D eigenvalue weighted by molar-refractivity contribution is -0.117. The van der Waals surface area contributed by atoms with Gasteiger partial charge in [0, 0.05) is 12.1 Å². The Labute approximate surface area is 137 Å². The number of rotatable bonds is 4. The minimum absolute atomic E-state index is 0.125. The van der Waals surface area contributed by atoms with Crippen molar-refractivity contribution in [3.63, 3.8) is 0 Å². The minimum atomic E-state index is -0.275. The van der Waals surface area contributed by atoms with Crippen LogP contribution in [0.4, 0.5) is 10.3 Å². The van der Waals surface area contributed by atoms with Crippen LogP contribution in [0.2, 0.25) is 0 Å². The summed E-state index contributed by atoms with van der Waals surface area (Å²) in [6, 6.07) is 11.7. The van der Waals surface area contributed by atoms with E-state index >= 15 is 0 Å². The summed E-state index contributed by atoms with van der Waals surface area (Å²) in [5.41, 5.74) is 1.63. The number of hydrogen-bond acceptors (Lipinski definition) is 4. The molecular formula is C17H14FN5O. The fourth-order valence-corrected chi connectivity index (χ4v) is 2.70. The van der Waals surface area contributed by atoms with Gasteiger partial charge in [-0.3, -0.25) is 20.2 Å². The zero-order valence-electron chi connectivity index (χ0n) is 12.6. The molecule has 0 radical (unpaired) electrons. The van der Waals surface area contributed by atoms with Crippen LogP contribution in [0.5, 0.6) is 0 Å². The molecule has 1 aliphatic carbocycles. The van der Waals surface area contributed by atoms with E-state index < -0.39 is 0 Å². The Balaban J connectivity index is 1.41. The molecule has 3 aromatic rings. The van der Waals surface area contributed by atoms with Crippen LogP contribution in [0.3, 0.4) is 0 Å². The van der Waals surface area contributed by atoms with E-state index in [1.165, 1.54) is 12.1 Å². The van der Waals surface area contributed by atoms with Crippen molar-refractivity contribution < 1.29 is 9.18 Å². The largest absolute Gasteiger partial charge is 0.293 e. The monoisotopic (exact) mass is 323 g/mol. The van der Waals surface area contributed by atoms with Gasteiger partial charge in [-0.05, 0) is 42.2 Å². The molecule has 2 atom stereocenters. The molecule has 0 saturated heterocycles. The van der Waals surface area contributed by atoms with Gasteiger partial charge in [0.1, 0.15) is 11.5 Å². The molecule has 1 saturated carbocycles. The Hall–Kier alpha value is -3.09. The lowest BCUT2D eigenvalue weighted by atomic mass is 10.1. The molecule has 2 aromatic heterocycles. The fraction of sp³-hybridized carbons (Fsp3) is 0.176. The number of halogens is 1. The summed E-state index contributed by atoms with van der Waals surface area (Å²) in [5.74, 6) is 0.313. The third kappa shape index (κ3) is 2.88. The van der Waals surface area contributed by atoms with E-state index in [9.17, 15) is 9.18 Å². The summed E-state index contributed by atoms with van der Waals surface area (Å²) < 4.78 is 13.0. The number of anilines is 1. The fourth-order valence-electron chi connectivity index (χ4n) is 2.70. The average molecular weight is 323 g/mol. The predicted molar refractivity (Wildman–Crippen MR) is 85.5 cm³/mol. The van der Waals surface area contributed by atoms with E-state index in [4.69, 9.17) is 0 Å². The molecule has 2 N–H and O–H groups in total. The summed E-state index contributed by atoms with van der Waals surface area (Å²) in [7, 11) is 0. The van der Waals surface area contributed by atoms with Gasteiger partial charge >= 0.3 is 0 Å². The summed E-state index contributed by atoms with van der Waals surface area (Å²) in [6.45, 7) is 0. The molecule has 0 unspecified atom stereocenters. The van der Waals surface area contributed by atoms with Crippen molar-refractivity contribution in [3.05, 3.63) is 60.0 Å². The van der Waals surface area contributed by atoms with Gasteiger partial charge in [0.05, 0.1) is 0 Å². The van der Waals surface area contributed by atoms with Crippen LogP contribution in [0, 0.1) is 11.7 Å². The van der Waals surface area contributed by atoms with Crippen molar-refractivity contribution in [2.24, 2.45) is 5.92 Å². The van der Waals surface area contributed by atoms with Crippen molar-refractivity contribution in [1.82, 2.24) is 20.2 Å². The Morgan fingerprint density at radius 2 is 2.04 bits per heavy atom. The van der Waals surface area contributed by atoms with Crippen molar-refractivity contribution in [1.29, 1.82) is 0 Å². The standard InChI is InChI=1S/C17H14FN5O/c18-11-6-4-10(5-7-11)12-9-13(12)16(24)21-17-20-15(22-23-17)14-3-1-2-8-19-14/h1-8,12-13H,9H2,(H2,20,21,22,23,24)/t12-,13-/m1/s1. The number of aromatic nitrogens is 4. The van der Waals surface area contributed by atoms with Crippen molar-refractivity contribution >= 4 is 11.9 Å². The van der Waals surface area contributed by atoms with Crippen molar-refractivity contribution in [2.75, 3.05) is 5.32 Å².